The number of nitroso groups, excluding NO2 is 1. The van der Waals surface area contributed by atoms with E-state index in [0.717, 1.165) is 19.3 Å². The topological polar surface area (TPSA) is 52.9 Å². The number of hydroxylamine groups is 1. The van der Waals surface area contributed by atoms with E-state index in [2.05, 4.69) is 5.18 Å². The van der Waals surface area contributed by atoms with E-state index in [9.17, 15) is 4.91 Å². The lowest BCUT2D eigenvalue weighted by atomic mass is 9.83. The van der Waals surface area contributed by atoms with Gasteiger partial charge in [0.25, 0.3) is 0 Å². The van der Waals surface area contributed by atoms with Gasteiger partial charge in [-0.25, -0.2) is 5.06 Å². The van der Waals surface area contributed by atoms with E-state index in [1.165, 1.54) is 24.3 Å². The Morgan fingerprint density at radius 2 is 2.19 bits per heavy atom. The van der Waals surface area contributed by atoms with Crippen LogP contribution in [-0.4, -0.2) is 11.3 Å². The van der Waals surface area contributed by atoms with E-state index in [0.29, 0.717) is 22.9 Å². The molecule has 0 amide bonds. The molecule has 0 spiro atoms. The summed E-state index contributed by atoms with van der Waals surface area (Å²) in [4.78, 5) is 10.6. The van der Waals surface area contributed by atoms with Crippen molar-refractivity contribution >= 4 is 11.4 Å². The molecule has 1 aromatic carbocycles. The van der Waals surface area contributed by atoms with Gasteiger partial charge in [-0.2, -0.15) is 0 Å². The zero-order valence-corrected chi connectivity index (χ0v) is 12.4. The highest BCUT2D eigenvalue weighted by atomic mass is 16.5. The maximum Gasteiger partial charge on any atom is 0.246 e. The van der Waals surface area contributed by atoms with E-state index < -0.39 is 0 Å². The second kappa shape index (κ2) is 7.36. The van der Waals surface area contributed by atoms with Gasteiger partial charge in [0.05, 0.1) is 14.5 Å². The summed E-state index contributed by atoms with van der Waals surface area (Å²) in [5.41, 5.74) is 1.49. The molecular weight excluding hydrogens is 264 g/mol. The Morgan fingerprint density at radius 1 is 1.48 bits per heavy atom. The van der Waals surface area contributed by atoms with Crippen molar-refractivity contribution in [3.05, 3.63) is 41.3 Å². The first-order valence-electron chi connectivity index (χ1n) is 8.97. The number of nitrogens with zero attached hydrogens (tertiary/aromatic N) is 2. The van der Waals surface area contributed by atoms with E-state index in [1.54, 1.807) is 31.2 Å². The largest absolute Gasteiger partial charge is 0.288 e. The molecule has 1 unspecified atom stereocenters. The van der Waals surface area contributed by atoms with Gasteiger partial charge in [0, 0.05) is 0 Å². The molecule has 114 valence electrons. The van der Waals surface area contributed by atoms with Crippen molar-refractivity contribution in [3.63, 3.8) is 0 Å². The highest BCUT2D eigenvalue weighted by molar-refractivity contribution is 5.52. The Balaban J connectivity index is 2.27. The van der Waals surface area contributed by atoms with Gasteiger partial charge in [-0.15, -0.1) is 4.91 Å². The predicted octanol–water partition coefficient (Wildman–Crippen LogP) is 5.20. The first-order valence-corrected chi connectivity index (χ1v) is 7.56. The number of hydrogen-bond donors (Lipinski definition) is 1. The van der Waals surface area contributed by atoms with Gasteiger partial charge in [-0.1, -0.05) is 44.2 Å². The average Bonchev–Trinajstić information content (AvgIpc) is 2.62. The van der Waals surface area contributed by atoms with Gasteiger partial charge in [0.2, 0.25) is 1.43 Å². The Kier molecular flexibility index (Phi) is 4.18. The van der Waals surface area contributed by atoms with Crippen LogP contribution < -0.4 is 5.06 Å². The Morgan fingerprint density at radius 3 is 2.76 bits per heavy atom. The molecule has 0 radical (unpaired) electrons. The number of anilines is 1. The normalized spacial score (nSPS) is 19.0. The fourth-order valence-electron chi connectivity index (χ4n) is 3.03. The summed E-state index contributed by atoms with van der Waals surface area (Å²) in [6.45, 7) is 1.50. The summed E-state index contributed by atoms with van der Waals surface area (Å²) in [6, 6.07) is 6.12. The molecular formula is C17H24N2O2. The Bertz CT molecular complexity index is 568. The van der Waals surface area contributed by atoms with Crippen molar-refractivity contribution < 1.29 is 9.38 Å². The molecule has 0 aromatic heterocycles. The fraction of sp³-hybridized carbons (Fsp3) is 0.529. The van der Waals surface area contributed by atoms with Crippen LogP contribution in [-0.2, 0) is 0 Å². The molecule has 2 rings (SSSR count). The number of hydrogen-bond acceptors (Lipinski definition) is 4. The van der Waals surface area contributed by atoms with Crippen molar-refractivity contribution in [3.8, 4) is 0 Å². The van der Waals surface area contributed by atoms with Crippen LogP contribution in [0.5, 0.6) is 0 Å². The molecule has 0 saturated heterocycles. The van der Waals surface area contributed by atoms with Crippen molar-refractivity contribution in [1.82, 2.24) is 0 Å². The molecule has 0 aliphatic heterocycles. The minimum atomic E-state index is -0.342. The minimum Gasteiger partial charge on any atom is -0.288 e. The van der Waals surface area contributed by atoms with Crippen molar-refractivity contribution in [2.45, 2.75) is 51.5 Å². The molecule has 1 aliphatic carbocycles. The van der Waals surface area contributed by atoms with Crippen LogP contribution in [0.25, 0.3) is 0 Å². The zero-order valence-electron chi connectivity index (χ0n) is 15.4. The summed E-state index contributed by atoms with van der Waals surface area (Å²) in [5, 5.41) is 9.15. The van der Waals surface area contributed by atoms with Crippen LogP contribution in [0.2, 0.25) is 1.43 Å². The van der Waals surface area contributed by atoms with Crippen molar-refractivity contribution in [2.24, 2.45) is 11.1 Å². The molecule has 1 aromatic rings. The van der Waals surface area contributed by atoms with Crippen LogP contribution in [0.15, 0.2) is 41.5 Å². The third-order valence-corrected chi connectivity index (χ3v) is 4.27. The standard InChI is InChI=1S/C17H24N2O2/c1-13(2)17(12-14-6-4-3-5-7-14)19(21)16-10-8-15(18-20)9-11-16/h8-11,14,17,21H,1,3-7,12H2,2H3/i1D2,21D. The summed E-state index contributed by atoms with van der Waals surface area (Å²) >= 11 is 0. The Hall–Kier alpha value is -1.68. The van der Waals surface area contributed by atoms with Gasteiger partial charge < -0.3 is 0 Å². The van der Waals surface area contributed by atoms with E-state index in [-0.39, 0.29) is 12.6 Å². The second-order valence-corrected chi connectivity index (χ2v) is 5.87. The van der Waals surface area contributed by atoms with E-state index >= 15 is 0 Å². The predicted molar refractivity (Wildman–Crippen MR) is 86.0 cm³/mol. The van der Waals surface area contributed by atoms with Crippen LogP contribution in [0, 0.1) is 10.8 Å². The Labute approximate surface area is 130 Å². The van der Waals surface area contributed by atoms with Gasteiger partial charge in [-0.05, 0) is 48.7 Å². The first kappa shape index (κ1) is 11.9. The molecule has 4 nitrogen and oxygen atoms in total. The average molecular weight is 291 g/mol. The van der Waals surface area contributed by atoms with E-state index in [4.69, 9.17) is 9.38 Å². The maximum absolute atomic E-state index is 10.6. The van der Waals surface area contributed by atoms with E-state index in [1.807, 2.05) is 0 Å². The monoisotopic (exact) mass is 291 g/mol. The molecule has 1 saturated carbocycles. The molecule has 1 aliphatic rings. The van der Waals surface area contributed by atoms with Gasteiger partial charge in [0.15, 0.2) is 0 Å². The summed E-state index contributed by atoms with van der Waals surface area (Å²) in [7, 11) is 0. The fourth-order valence-corrected chi connectivity index (χ4v) is 3.03. The molecule has 0 bridgehead atoms. The van der Waals surface area contributed by atoms with Crippen molar-refractivity contribution in [2.75, 3.05) is 5.06 Å². The zero-order chi connectivity index (χ0) is 17.5. The van der Waals surface area contributed by atoms with Gasteiger partial charge in [0.1, 0.15) is 5.69 Å². The molecule has 1 fully saturated rings. The van der Waals surface area contributed by atoms with Crippen LogP contribution in [0.1, 0.15) is 48.2 Å². The van der Waals surface area contributed by atoms with Crippen molar-refractivity contribution in [1.29, 1.82) is 0 Å². The van der Waals surface area contributed by atoms with Crippen LogP contribution in [0.3, 0.4) is 0 Å². The summed E-state index contributed by atoms with van der Waals surface area (Å²) in [6.07, 6.45) is 6.69. The lowest BCUT2D eigenvalue weighted by Crippen LogP contribution is -2.35. The SMILES string of the molecule is [2H]ON(c1ccc(N=O)cc1)C(CC1CCCCC1)C(C)=C([2H])[2H]. The molecule has 1 atom stereocenters. The van der Waals surface area contributed by atoms with Crippen LogP contribution >= 0.6 is 0 Å². The third-order valence-electron chi connectivity index (χ3n) is 4.27. The number of benzene rings is 1. The first-order chi connectivity index (χ1) is 11.6. The maximum atomic E-state index is 10.6. The lowest BCUT2D eigenvalue weighted by molar-refractivity contribution is 0.201. The molecule has 4 heteroatoms. The molecule has 1 N–H and O–H groups in total. The molecule has 21 heavy (non-hydrogen) atoms. The smallest absolute Gasteiger partial charge is 0.246 e. The third kappa shape index (κ3) is 4.14. The minimum absolute atomic E-state index is 0.246. The highest BCUT2D eigenvalue weighted by Crippen LogP contribution is 2.31. The molecule has 0 heterocycles. The summed E-state index contributed by atoms with van der Waals surface area (Å²) < 4.78 is 22.8. The second-order valence-electron chi connectivity index (χ2n) is 5.87. The number of rotatable bonds is 7. The van der Waals surface area contributed by atoms with Crippen LogP contribution in [0.4, 0.5) is 11.4 Å². The quantitative estimate of drug-likeness (QED) is 0.427. The van der Waals surface area contributed by atoms with Gasteiger partial charge >= 0.3 is 0 Å². The van der Waals surface area contributed by atoms with Gasteiger partial charge in [-0.3, -0.25) is 5.21 Å². The highest BCUT2D eigenvalue weighted by Gasteiger charge is 2.24. The summed E-state index contributed by atoms with van der Waals surface area (Å²) in [5.74, 6) is 0.506. The lowest BCUT2D eigenvalue weighted by Gasteiger charge is -2.32.